The molecule has 98 valence electrons. The lowest BCUT2D eigenvalue weighted by atomic mass is 10.2. The van der Waals surface area contributed by atoms with E-state index in [9.17, 15) is 4.79 Å². The van der Waals surface area contributed by atoms with Crippen LogP contribution < -0.4 is 16.3 Å². The fourth-order valence-corrected chi connectivity index (χ4v) is 1.87. The van der Waals surface area contributed by atoms with Crippen LogP contribution in [0.4, 0.5) is 5.82 Å². The van der Waals surface area contributed by atoms with Crippen molar-refractivity contribution in [2.75, 3.05) is 24.5 Å². The average Bonchev–Trinajstić information content (AvgIpc) is 2.70. The van der Waals surface area contributed by atoms with Crippen LogP contribution in [-0.2, 0) is 0 Å². The maximum atomic E-state index is 11.3. The Morgan fingerprint density at radius 1 is 1.56 bits per heavy atom. The summed E-state index contributed by atoms with van der Waals surface area (Å²) in [5.41, 5.74) is 5.90. The zero-order valence-electron chi connectivity index (χ0n) is 10.6. The number of nitrogens with zero attached hydrogens (tertiary/aromatic N) is 4. The zero-order valence-corrected chi connectivity index (χ0v) is 10.6. The molecule has 0 saturated heterocycles. The third-order valence-electron chi connectivity index (χ3n) is 2.60. The highest BCUT2D eigenvalue weighted by molar-refractivity contribution is 5.50. The number of hydrogen-bond acceptors (Lipinski definition) is 5. The van der Waals surface area contributed by atoms with Crippen molar-refractivity contribution in [2.24, 2.45) is 11.7 Å². The molecule has 0 aliphatic carbocycles. The molecular formula is C11H18N6O. The van der Waals surface area contributed by atoms with E-state index in [1.165, 1.54) is 10.7 Å². The number of aromatic amines is 1. The predicted molar refractivity (Wildman–Crippen MR) is 69.7 cm³/mol. The van der Waals surface area contributed by atoms with Gasteiger partial charge in [0, 0.05) is 25.7 Å². The van der Waals surface area contributed by atoms with Gasteiger partial charge in [-0.25, -0.2) is 19.3 Å². The first-order valence-electron chi connectivity index (χ1n) is 5.99. The van der Waals surface area contributed by atoms with Gasteiger partial charge in [0.25, 0.3) is 0 Å². The highest BCUT2D eigenvalue weighted by Gasteiger charge is 2.11. The summed E-state index contributed by atoms with van der Waals surface area (Å²) in [7, 11) is 0. The van der Waals surface area contributed by atoms with Crippen molar-refractivity contribution in [1.82, 2.24) is 19.6 Å². The minimum atomic E-state index is -0.279. The molecule has 18 heavy (non-hydrogen) atoms. The molecule has 0 saturated carbocycles. The summed E-state index contributed by atoms with van der Waals surface area (Å²) in [6, 6.07) is 1.79. The van der Waals surface area contributed by atoms with Gasteiger partial charge in [-0.1, -0.05) is 13.8 Å². The van der Waals surface area contributed by atoms with Crippen LogP contribution in [0.1, 0.15) is 13.8 Å². The van der Waals surface area contributed by atoms with E-state index in [0.29, 0.717) is 18.1 Å². The third kappa shape index (κ3) is 2.51. The molecule has 0 aliphatic heterocycles. The Hall–Kier alpha value is -1.89. The highest BCUT2D eigenvalue weighted by Crippen LogP contribution is 2.12. The van der Waals surface area contributed by atoms with Gasteiger partial charge in [0.05, 0.1) is 0 Å². The molecule has 3 N–H and O–H groups in total. The first-order chi connectivity index (χ1) is 8.61. The Labute approximate surface area is 105 Å². The fourth-order valence-electron chi connectivity index (χ4n) is 1.87. The Morgan fingerprint density at radius 3 is 3.00 bits per heavy atom. The van der Waals surface area contributed by atoms with E-state index in [1.54, 1.807) is 6.07 Å². The number of anilines is 1. The van der Waals surface area contributed by atoms with Crippen molar-refractivity contribution in [1.29, 1.82) is 0 Å². The SMILES string of the molecule is CC(C)CN(CCN)c1cc2n[nH]c(=O)n2cn1. The number of hydrogen-bond donors (Lipinski definition) is 2. The molecule has 0 unspecified atom stereocenters. The van der Waals surface area contributed by atoms with Crippen molar-refractivity contribution in [3.05, 3.63) is 22.9 Å². The summed E-state index contributed by atoms with van der Waals surface area (Å²) in [6.45, 7) is 6.44. The van der Waals surface area contributed by atoms with Crippen LogP contribution in [0, 0.1) is 5.92 Å². The number of aromatic nitrogens is 4. The van der Waals surface area contributed by atoms with Gasteiger partial charge in [-0.15, -0.1) is 0 Å². The molecule has 2 aromatic heterocycles. The van der Waals surface area contributed by atoms with Gasteiger partial charge < -0.3 is 10.6 Å². The molecule has 0 bridgehead atoms. The van der Waals surface area contributed by atoms with E-state index < -0.39 is 0 Å². The van der Waals surface area contributed by atoms with Gasteiger partial charge in [0.2, 0.25) is 0 Å². The Morgan fingerprint density at radius 2 is 2.33 bits per heavy atom. The maximum Gasteiger partial charge on any atom is 0.348 e. The molecule has 7 nitrogen and oxygen atoms in total. The van der Waals surface area contributed by atoms with Crippen LogP contribution in [0.25, 0.3) is 5.65 Å². The van der Waals surface area contributed by atoms with Gasteiger partial charge in [0.1, 0.15) is 12.1 Å². The molecule has 7 heteroatoms. The summed E-state index contributed by atoms with van der Waals surface area (Å²) < 4.78 is 1.37. The van der Waals surface area contributed by atoms with Gasteiger partial charge in [-0.05, 0) is 5.92 Å². The number of rotatable bonds is 5. The minimum absolute atomic E-state index is 0.279. The second-order valence-corrected chi connectivity index (χ2v) is 4.63. The minimum Gasteiger partial charge on any atom is -0.355 e. The largest absolute Gasteiger partial charge is 0.355 e. The first kappa shape index (κ1) is 12.6. The summed E-state index contributed by atoms with van der Waals surface area (Å²) in [6.07, 6.45) is 1.49. The molecule has 0 amide bonds. The Bertz CT molecular complexity index is 572. The molecule has 2 aromatic rings. The van der Waals surface area contributed by atoms with Crippen LogP contribution in [0.2, 0.25) is 0 Å². The van der Waals surface area contributed by atoms with Crippen molar-refractivity contribution < 1.29 is 0 Å². The number of nitrogens with two attached hydrogens (primary N) is 1. The van der Waals surface area contributed by atoms with E-state index in [2.05, 4.69) is 33.9 Å². The summed E-state index contributed by atoms with van der Waals surface area (Å²) in [5, 5.41) is 6.32. The normalized spacial score (nSPS) is 11.3. The quantitative estimate of drug-likeness (QED) is 0.769. The first-order valence-corrected chi connectivity index (χ1v) is 5.99. The smallest absolute Gasteiger partial charge is 0.348 e. The van der Waals surface area contributed by atoms with E-state index in [0.717, 1.165) is 18.9 Å². The molecule has 0 radical (unpaired) electrons. The lowest BCUT2D eigenvalue weighted by molar-refractivity contribution is 0.607. The Balaban J connectivity index is 2.34. The van der Waals surface area contributed by atoms with Crippen molar-refractivity contribution in [3.8, 4) is 0 Å². The zero-order chi connectivity index (χ0) is 13.1. The van der Waals surface area contributed by atoms with Gasteiger partial charge in [-0.2, -0.15) is 5.10 Å². The number of H-pyrrole nitrogens is 1. The van der Waals surface area contributed by atoms with E-state index in [-0.39, 0.29) is 5.69 Å². The van der Waals surface area contributed by atoms with Crippen LogP contribution in [0.15, 0.2) is 17.2 Å². The van der Waals surface area contributed by atoms with Crippen molar-refractivity contribution in [3.63, 3.8) is 0 Å². The average molecular weight is 250 g/mol. The van der Waals surface area contributed by atoms with Crippen LogP contribution in [0.5, 0.6) is 0 Å². The molecule has 0 aromatic carbocycles. The molecule has 2 heterocycles. The third-order valence-corrected chi connectivity index (χ3v) is 2.60. The Kier molecular flexibility index (Phi) is 3.61. The standard InChI is InChI=1S/C11H18N6O/c1-8(2)6-16(4-3-12)9-5-10-14-15-11(18)17(10)7-13-9/h5,7-8H,3-4,6,12H2,1-2H3,(H,15,18). The predicted octanol–water partition coefficient (Wildman–Crippen LogP) is -0.161. The number of fused-ring (bicyclic) bond motifs is 1. The topological polar surface area (TPSA) is 92.3 Å². The van der Waals surface area contributed by atoms with E-state index in [1.807, 2.05) is 0 Å². The maximum absolute atomic E-state index is 11.3. The van der Waals surface area contributed by atoms with Crippen molar-refractivity contribution >= 4 is 11.5 Å². The number of nitrogens with one attached hydrogen (secondary N) is 1. The summed E-state index contributed by atoms with van der Waals surface area (Å²) in [5.74, 6) is 1.30. The lowest BCUT2D eigenvalue weighted by Gasteiger charge is -2.24. The van der Waals surface area contributed by atoms with Crippen LogP contribution in [-0.4, -0.2) is 39.2 Å². The summed E-state index contributed by atoms with van der Waals surface area (Å²) >= 11 is 0. The monoisotopic (exact) mass is 250 g/mol. The molecule has 0 atom stereocenters. The molecule has 0 fully saturated rings. The fraction of sp³-hybridized carbons (Fsp3) is 0.545. The van der Waals surface area contributed by atoms with Crippen LogP contribution >= 0.6 is 0 Å². The van der Waals surface area contributed by atoms with Gasteiger partial charge >= 0.3 is 5.69 Å². The highest BCUT2D eigenvalue weighted by atomic mass is 16.1. The van der Waals surface area contributed by atoms with E-state index >= 15 is 0 Å². The van der Waals surface area contributed by atoms with Crippen molar-refractivity contribution in [2.45, 2.75) is 13.8 Å². The second kappa shape index (κ2) is 5.18. The van der Waals surface area contributed by atoms with Gasteiger partial charge in [0.15, 0.2) is 5.65 Å². The van der Waals surface area contributed by atoms with Gasteiger partial charge in [-0.3, -0.25) is 0 Å². The molecule has 2 rings (SSSR count). The lowest BCUT2D eigenvalue weighted by Crippen LogP contribution is -2.33. The van der Waals surface area contributed by atoms with E-state index in [4.69, 9.17) is 5.73 Å². The molecule has 0 spiro atoms. The second-order valence-electron chi connectivity index (χ2n) is 4.63. The summed E-state index contributed by atoms with van der Waals surface area (Å²) in [4.78, 5) is 17.7. The van der Waals surface area contributed by atoms with Crippen LogP contribution in [0.3, 0.4) is 0 Å². The molecule has 0 aliphatic rings. The molecular weight excluding hydrogens is 232 g/mol.